The second-order valence-electron chi connectivity index (χ2n) is 5.79. The first kappa shape index (κ1) is 12.4. The predicted molar refractivity (Wildman–Crippen MR) is 71.1 cm³/mol. The van der Waals surface area contributed by atoms with Gasteiger partial charge in [0.25, 0.3) is 0 Å². The molecule has 0 amide bonds. The Labute approximate surface area is 104 Å². The maximum Gasteiger partial charge on any atom is 0.0726 e. The number of aryl methyl sites for hydroxylation is 1. The van der Waals surface area contributed by atoms with Gasteiger partial charge in [0.15, 0.2) is 0 Å². The van der Waals surface area contributed by atoms with E-state index in [1.54, 1.807) is 0 Å². The van der Waals surface area contributed by atoms with Crippen molar-refractivity contribution in [2.75, 3.05) is 25.0 Å². The van der Waals surface area contributed by atoms with E-state index in [0.29, 0.717) is 5.41 Å². The van der Waals surface area contributed by atoms with E-state index in [1.807, 2.05) is 24.1 Å². The average Bonchev–Trinajstić information content (AvgIpc) is 2.74. The van der Waals surface area contributed by atoms with Crippen LogP contribution >= 0.6 is 0 Å². The third kappa shape index (κ3) is 3.22. The highest BCUT2D eigenvalue weighted by molar-refractivity contribution is 5.38. The number of piperidine rings is 1. The molecule has 0 spiro atoms. The van der Waals surface area contributed by atoms with E-state index in [-0.39, 0.29) is 0 Å². The van der Waals surface area contributed by atoms with Crippen LogP contribution in [0.1, 0.15) is 26.7 Å². The first-order valence-corrected chi connectivity index (χ1v) is 6.51. The monoisotopic (exact) mass is 236 g/mol. The molecule has 0 aliphatic carbocycles. The third-order valence-electron chi connectivity index (χ3n) is 3.86. The summed E-state index contributed by atoms with van der Waals surface area (Å²) in [5.41, 5.74) is 1.44. The number of hydrogen-bond donors (Lipinski definition) is 2. The Morgan fingerprint density at radius 2 is 2.41 bits per heavy atom. The molecule has 1 saturated heterocycles. The summed E-state index contributed by atoms with van der Waals surface area (Å²) in [6, 6.07) is 0. The van der Waals surface area contributed by atoms with Crippen molar-refractivity contribution < 1.29 is 0 Å². The topological polar surface area (TPSA) is 41.9 Å². The van der Waals surface area contributed by atoms with Crippen molar-refractivity contribution in [1.82, 2.24) is 15.1 Å². The summed E-state index contributed by atoms with van der Waals surface area (Å²) in [6.07, 6.45) is 6.56. The van der Waals surface area contributed by atoms with Gasteiger partial charge in [0, 0.05) is 19.8 Å². The summed E-state index contributed by atoms with van der Waals surface area (Å²) in [5, 5.41) is 11.2. The van der Waals surface area contributed by atoms with Crippen molar-refractivity contribution in [3.05, 3.63) is 12.4 Å². The largest absolute Gasteiger partial charge is 0.382 e. The number of hydrogen-bond acceptors (Lipinski definition) is 3. The summed E-state index contributed by atoms with van der Waals surface area (Å²) in [7, 11) is 1.95. The van der Waals surface area contributed by atoms with E-state index in [0.717, 1.165) is 24.7 Å². The second kappa shape index (κ2) is 5.08. The molecule has 0 bridgehead atoms. The Hall–Kier alpha value is -1.03. The molecule has 2 N–H and O–H groups in total. The zero-order chi connectivity index (χ0) is 12.3. The quantitative estimate of drug-likeness (QED) is 0.838. The molecule has 2 rings (SSSR count). The molecular weight excluding hydrogens is 212 g/mol. The lowest BCUT2D eigenvalue weighted by Gasteiger charge is -2.37. The van der Waals surface area contributed by atoms with E-state index in [2.05, 4.69) is 29.6 Å². The molecule has 1 aliphatic rings. The van der Waals surface area contributed by atoms with Gasteiger partial charge in [-0.3, -0.25) is 4.68 Å². The molecule has 1 atom stereocenters. The van der Waals surface area contributed by atoms with E-state index in [4.69, 9.17) is 0 Å². The lowest BCUT2D eigenvalue weighted by Crippen LogP contribution is -2.41. The fourth-order valence-electron chi connectivity index (χ4n) is 2.51. The van der Waals surface area contributed by atoms with Crippen molar-refractivity contribution >= 4 is 5.69 Å². The molecule has 0 saturated carbocycles. The molecule has 4 nitrogen and oxygen atoms in total. The fourth-order valence-corrected chi connectivity index (χ4v) is 2.51. The maximum absolute atomic E-state index is 4.17. The van der Waals surface area contributed by atoms with Crippen molar-refractivity contribution in [2.24, 2.45) is 18.4 Å². The molecule has 0 aromatic carbocycles. The van der Waals surface area contributed by atoms with Gasteiger partial charge in [-0.15, -0.1) is 0 Å². The molecular formula is C13H24N4. The highest BCUT2D eigenvalue weighted by atomic mass is 15.3. The summed E-state index contributed by atoms with van der Waals surface area (Å²) < 4.78 is 1.83. The predicted octanol–water partition coefficient (Wildman–Crippen LogP) is 1.86. The molecule has 96 valence electrons. The fraction of sp³-hybridized carbons (Fsp3) is 0.769. The van der Waals surface area contributed by atoms with Gasteiger partial charge < -0.3 is 10.6 Å². The van der Waals surface area contributed by atoms with E-state index < -0.39 is 0 Å². The van der Waals surface area contributed by atoms with Crippen LogP contribution in [0.25, 0.3) is 0 Å². The highest BCUT2D eigenvalue weighted by Crippen LogP contribution is 2.31. The average molecular weight is 236 g/mol. The minimum Gasteiger partial charge on any atom is -0.382 e. The first-order chi connectivity index (χ1) is 8.08. The second-order valence-corrected chi connectivity index (χ2v) is 5.79. The van der Waals surface area contributed by atoms with Gasteiger partial charge in [0.05, 0.1) is 11.9 Å². The molecule has 1 aromatic rings. The minimum absolute atomic E-state index is 0.323. The molecule has 1 aromatic heterocycles. The van der Waals surface area contributed by atoms with Crippen LogP contribution in [0.2, 0.25) is 0 Å². The standard InChI is InChI=1S/C13H24N4/c1-13(2,11-5-4-6-14-7-11)10-15-12-8-16-17(3)9-12/h8-9,11,14-15H,4-7,10H2,1-3H3. The van der Waals surface area contributed by atoms with Crippen LogP contribution in [-0.2, 0) is 7.05 Å². The van der Waals surface area contributed by atoms with Gasteiger partial charge in [0.2, 0.25) is 0 Å². The highest BCUT2D eigenvalue weighted by Gasteiger charge is 2.30. The van der Waals surface area contributed by atoms with Crippen LogP contribution in [0.4, 0.5) is 5.69 Å². The maximum atomic E-state index is 4.17. The van der Waals surface area contributed by atoms with Crippen molar-refractivity contribution in [3.63, 3.8) is 0 Å². The zero-order valence-electron chi connectivity index (χ0n) is 11.2. The lowest BCUT2D eigenvalue weighted by atomic mass is 9.75. The molecule has 2 heterocycles. The van der Waals surface area contributed by atoms with E-state index >= 15 is 0 Å². The van der Waals surface area contributed by atoms with Gasteiger partial charge in [0.1, 0.15) is 0 Å². The molecule has 1 fully saturated rings. The lowest BCUT2D eigenvalue weighted by molar-refractivity contribution is 0.185. The van der Waals surface area contributed by atoms with Gasteiger partial charge >= 0.3 is 0 Å². The van der Waals surface area contributed by atoms with Crippen LogP contribution in [0.3, 0.4) is 0 Å². The molecule has 0 radical (unpaired) electrons. The van der Waals surface area contributed by atoms with Crippen LogP contribution in [0.5, 0.6) is 0 Å². The number of nitrogens with one attached hydrogen (secondary N) is 2. The van der Waals surface area contributed by atoms with Gasteiger partial charge in [-0.25, -0.2) is 0 Å². The van der Waals surface area contributed by atoms with Crippen LogP contribution in [-0.4, -0.2) is 29.4 Å². The third-order valence-corrected chi connectivity index (χ3v) is 3.86. The van der Waals surface area contributed by atoms with Crippen LogP contribution < -0.4 is 10.6 Å². The summed E-state index contributed by atoms with van der Waals surface area (Å²) in [6.45, 7) is 8.05. The smallest absolute Gasteiger partial charge is 0.0726 e. The molecule has 1 unspecified atom stereocenters. The molecule has 17 heavy (non-hydrogen) atoms. The number of nitrogens with zero attached hydrogens (tertiary/aromatic N) is 2. The molecule has 1 aliphatic heterocycles. The normalized spacial score (nSPS) is 21.5. The summed E-state index contributed by atoms with van der Waals surface area (Å²) in [5.74, 6) is 0.764. The van der Waals surface area contributed by atoms with Gasteiger partial charge in [-0.2, -0.15) is 5.10 Å². The van der Waals surface area contributed by atoms with Gasteiger partial charge in [-0.1, -0.05) is 13.8 Å². The minimum atomic E-state index is 0.323. The van der Waals surface area contributed by atoms with E-state index in [1.165, 1.54) is 19.4 Å². The van der Waals surface area contributed by atoms with E-state index in [9.17, 15) is 0 Å². The SMILES string of the molecule is Cn1cc(NCC(C)(C)C2CCCNC2)cn1. The Bertz CT molecular complexity index is 350. The Kier molecular flexibility index (Phi) is 3.72. The van der Waals surface area contributed by atoms with Crippen molar-refractivity contribution in [2.45, 2.75) is 26.7 Å². The molecule has 4 heteroatoms. The van der Waals surface area contributed by atoms with Crippen molar-refractivity contribution in [3.8, 4) is 0 Å². The van der Waals surface area contributed by atoms with Gasteiger partial charge in [-0.05, 0) is 37.3 Å². The van der Waals surface area contributed by atoms with Crippen LogP contribution in [0, 0.1) is 11.3 Å². The first-order valence-electron chi connectivity index (χ1n) is 6.51. The summed E-state index contributed by atoms with van der Waals surface area (Å²) in [4.78, 5) is 0. The Balaban J connectivity index is 1.87. The van der Waals surface area contributed by atoms with Crippen LogP contribution in [0.15, 0.2) is 12.4 Å². The number of rotatable bonds is 4. The Morgan fingerprint density at radius 3 is 3.00 bits per heavy atom. The van der Waals surface area contributed by atoms with Crippen molar-refractivity contribution in [1.29, 1.82) is 0 Å². The summed E-state index contributed by atoms with van der Waals surface area (Å²) >= 11 is 0. The number of aromatic nitrogens is 2. The Morgan fingerprint density at radius 1 is 1.59 bits per heavy atom. The zero-order valence-corrected chi connectivity index (χ0v) is 11.2. The number of anilines is 1.